The van der Waals surface area contributed by atoms with Crippen LogP contribution in [0.2, 0.25) is 5.02 Å². The molecule has 5 rings (SSSR count). The van der Waals surface area contributed by atoms with Crippen LogP contribution in [-0.2, 0) is 9.53 Å². The second kappa shape index (κ2) is 8.92. The first kappa shape index (κ1) is 21.5. The molecule has 3 heterocycles. The van der Waals surface area contributed by atoms with Crippen LogP contribution < -0.4 is 11.0 Å². The molecular weight excluding hydrogens is 458 g/mol. The van der Waals surface area contributed by atoms with Gasteiger partial charge >= 0.3 is 5.97 Å². The van der Waals surface area contributed by atoms with Crippen molar-refractivity contribution in [1.82, 2.24) is 15.4 Å². The predicted molar refractivity (Wildman–Crippen MR) is 126 cm³/mol. The molecule has 9 heteroatoms. The van der Waals surface area contributed by atoms with Gasteiger partial charge in [0, 0.05) is 22.0 Å². The highest BCUT2D eigenvalue weighted by Crippen LogP contribution is 2.32. The Balaban J connectivity index is 1.35. The first-order chi connectivity index (χ1) is 16.5. The van der Waals surface area contributed by atoms with Crippen LogP contribution in [0.1, 0.15) is 27.7 Å². The molecule has 0 bridgehead atoms. The van der Waals surface area contributed by atoms with Gasteiger partial charge in [0.25, 0.3) is 5.91 Å². The number of aromatic nitrogens is 1. The van der Waals surface area contributed by atoms with Crippen LogP contribution in [0, 0.1) is 0 Å². The van der Waals surface area contributed by atoms with Crippen LogP contribution in [0.3, 0.4) is 0 Å². The van der Waals surface area contributed by atoms with Gasteiger partial charge in [-0.2, -0.15) is 0 Å². The van der Waals surface area contributed by atoms with Gasteiger partial charge in [-0.05, 0) is 42.0 Å². The normalized spacial score (nSPS) is 15.1. The van der Waals surface area contributed by atoms with Crippen molar-refractivity contribution in [3.05, 3.63) is 111 Å². The minimum absolute atomic E-state index is 0.0871. The van der Waals surface area contributed by atoms with Gasteiger partial charge in [0.05, 0.1) is 17.5 Å². The van der Waals surface area contributed by atoms with Crippen molar-refractivity contribution >= 4 is 40.1 Å². The molecule has 2 aromatic heterocycles. The number of hydrogen-bond acceptors (Lipinski definition) is 6. The van der Waals surface area contributed by atoms with E-state index in [9.17, 15) is 14.4 Å². The van der Waals surface area contributed by atoms with E-state index in [-0.39, 0.29) is 5.56 Å². The molecule has 1 atom stereocenters. The van der Waals surface area contributed by atoms with Gasteiger partial charge < -0.3 is 14.1 Å². The number of amides is 1. The number of rotatable bonds is 5. The van der Waals surface area contributed by atoms with Gasteiger partial charge in [-0.1, -0.05) is 41.9 Å². The fourth-order valence-electron chi connectivity index (χ4n) is 3.79. The van der Waals surface area contributed by atoms with E-state index in [2.05, 4.69) is 10.4 Å². The average Bonchev–Trinajstić information content (AvgIpc) is 3.52. The number of furan rings is 1. The number of H-pyrrole nitrogens is 1. The van der Waals surface area contributed by atoms with Gasteiger partial charge in [-0.25, -0.2) is 9.80 Å². The zero-order valence-electron chi connectivity index (χ0n) is 17.7. The molecule has 2 N–H and O–H groups in total. The summed E-state index contributed by atoms with van der Waals surface area (Å²) in [5, 5.41) is 2.46. The van der Waals surface area contributed by atoms with E-state index in [1.807, 2.05) is 18.2 Å². The number of hydrazine groups is 1. The largest absolute Gasteiger partial charge is 0.467 e. The van der Waals surface area contributed by atoms with E-state index in [1.54, 1.807) is 48.5 Å². The van der Waals surface area contributed by atoms with Gasteiger partial charge in [-0.15, -0.1) is 0 Å². The first-order valence-corrected chi connectivity index (χ1v) is 10.8. The Hall–Kier alpha value is -4.30. The Morgan fingerprint density at radius 3 is 2.62 bits per heavy atom. The lowest BCUT2D eigenvalue weighted by molar-refractivity contribution is -0.138. The summed E-state index contributed by atoms with van der Waals surface area (Å²) in [5.74, 6) is -0.726. The number of nitrogens with zero attached hydrogens (tertiary/aromatic N) is 1. The van der Waals surface area contributed by atoms with Gasteiger partial charge in [0.1, 0.15) is 11.8 Å². The van der Waals surface area contributed by atoms with Crippen molar-refractivity contribution in [2.45, 2.75) is 6.04 Å². The van der Waals surface area contributed by atoms with E-state index >= 15 is 0 Å². The molecule has 4 aromatic rings. The molecule has 0 aliphatic carbocycles. The van der Waals surface area contributed by atoms with Crippen LogP contribution in [0.25, 0.3) is 16.6 Å². The van der Waals surface area contributed by atoms with E-state index in [0.717, 1.165) is 11.6 Å². The summed E-state index contributed by atoms with van der Waals surface area (Å²) in [5.41, 5.74) is 4.72. The number of halogens is 1. The Kier molecular flexibility index (Phi) is 5.65. The molecule has 2 aromatic carbocycles. The Morgan fingerprint density at radius 2 is 1.85 bits per heavy atom. The molecule has 1 aliphatic heterocycles. The Morgan fingerprint density at radius 1 is 1.06 bits per heavy atom. The van der Waals surface area contributed by atoms with Crippen molar-refractivity contribution in [3.8, 4) is 0 Å². The first-order valence-electron chi connectivity index (χ1n) is 10.4. The number of esters is 1. The quantitative estimate of drug-likeness (QED) is 0.422. The van der Waals surface area contributed by atoms with Crippen molar-refractivity contribution < 1.29 is 18.7 Å². The minimum atomic E-state index is -0.768. The average molecular weight is 476 g/mol. The van der Waals surface area contributed by atoms with Gasteiger partial charge in [0.2, 0.25) is 5.56 Å². The summed E-state index contributed by atoms with van der Waals surface area (Å²) in [7, 11) is 0. The lowest BCUT2D eigenvalue weighted by atomic mass is 10.1. The Bertz CT molecular complexity index is 1460. The maximum Gasteiger partial charge on any atom is 0.339 e. The zero-order chi connectivity index (χ0) is 23.7. The predicted octanol–water partition coefficient (Wildman–Crippen LogP) is 4.06. The molecule has 0 spiro atoms. The lowest BCUT2D eigenvalue weighted by Gasteiger charge is -2.23. The number of carbonyl (C=O) groups excluding carboxylic acids is 2. The highest BCUT2D eigenvalue weighted by atomic mass is 35.5. The second-order valence-corrected chi connectivity index (χ2v) is 8.03. The number of benzene rings is 2. The maximum atomic E-state index is 13.1. The number of ether oxygens (including phenoxy) is 1. The lowest BCUT2D eigenvalue weighted by Crippen LogP contribution is -2.42. The maximum absolute atomic E-state index is 13.1. The van der Waals surface area contributed by atoms with Crippen molar-refractivity contribution in [2.75, 3.05) is 6.61 Å². The Labute approximate surface area is 198 Å². The molecule has 34 heavy (non-hydrogen) atoms. The summed E-state index contributed by atoms with van der Waals surface area (Å²) in [6.45, 7) is -0.536. The summed E-state index contributed by atoms with van der Waals surface area (Å²) in [4.78, 5) is 40.4. The number of carbonyl (C=O) groups is 2. The fraction of sp³-hybridized carbons (Fsp3) is 0.0800. The summed E-state index contributed by atoms with van der Waals surface area (Å²) < 4.78 is 10.8. The summed E-state index contributed by atoms with van der Waals surface area (Å²) >= 11 is 5.99. The third kappa shape index (κ3) is 4.18. The number of para-hydroxylation sites is 1. The molecular formula is C25H18ClN3O5. The smallest absolute Gasteiger partial charge is 0.339 e. The highest BCUT2D eigenvalue weighted by molar-refractivity contribution is 6.30. The molecule has 170 valence electrons. The number of fused-ring (bicyclic) bond motifs is 1. The van der Waals surface area contributed by atoms with Crippen molar-refractivity contribution in [1.29, 1.82) is 0 Å². The molecule has 1 aliphatic rings. The molecule has 0 fully saturated rings. The molecule has 1 amide bonds. The van der Waals surface area contributed by atoms with Crippen LogP contribution >= 0.6 is 11.6 Å². The van der Waals surface area contributed by atoms with Gasteiger partial charge in [-0.3, -0.25) is 15.0 Å². The molecule has 8 nitrogen and oxygen atoms in total. The highest BCUT2D eigenvalue weighted by Gasteiger charge is 2.33. The zero-order valence-corrected chi connectivity index (χ0v) is 18.4. The van der Waals surface area contributed by atoms with Crippen LogP contribution in [-0.4, -0.2) is 28.5 Å². The van der Waals surface area contributed by atoms with Crippen LogP contribution in [0.5, 0.6) is 0 Å². The minimum Gasteiger partial charge on any atom is -0.467 e. The van der Waals surface area contributed by atoms with Crippen LogP contribution in [0.4, 0.5) is 0 Å². The fourth-order valence-corrected chi connectivity index (χ4v) is 3.92. The number of nitrogens with one attached hydrogen (secondary N) is 2. The number of hydrogen-bond donors (Lipinski definition) is 2. The SMILES string of the molecule is O=C(OCC(=O)N1NC(c2ccc(Cl)cc2)=C[C@H]1c1ccco1)c1cc(=O)[nH]c2ccccc12. The van der Waals surface area contributed by atoms with Crippen molar-refractivity contribution in [2.24, 2.45) is 0 Å². The number of pyridine rings is 1. The summed E-state index contributed by atoms with van der Waals surface area (Å²) in [6, 6.07) is 18.1. The standard InChI is InChI=1S/C25H18ClN3O5/c26-16-9-7-15(8-10-16)20-13-21(22-6-3-11-33-22)29(28-20)24(31)14-34-25(32)18-12-23(30)27-19-5-2-1-4-17(18)19/h1-13,21,28H,14H2,(H,27,30)/t21-/m0/s1. The van der Waals surface area contributed by atoms with Gasteiger partial charge in [0.15, 0.2) is 6.61 Å². The topological polar surface area (TPSA) is 105 Å². The molecule has 0 unspecified atom stereocenters. The van der Waals surface area contributed by atoms with E-state index in [4.69, 9.17) is 20.8 Å². The van der Waals surface area contributed by atoms with E-state index in [0.29, 0.717) is 27.4 Å². The second-order valence-electron chi connectivity index (χ2n) is 7.59. The molecule has 0 radical (unpaired) electrons. The van der Waals surface area contributed by atoms with E-state index < -0.39 is 30.1 Å². The number of aromatic amines is 1. The van der Waals surface area contributed by atoms with Crippen LogP contribution in [0.15, 0.2) is 88.3 Å². The third-order valence-corrected chi connectivity index (χ3v) is 5.65. The van der Waals surface area contributed by atoms with Crippen molar-refractivity contribution in [3.63, 3.8) is 0 Å². The molecule has 0 saturated carbocycles. The monoisotopic (exact) mass is 475 g/mol. The summed E-state index contributed by atoms with van der Waals surface area (Å²) in [6.07, 6.45) is 3.36. The molecule has 0 saturated heterocycles. The van der Waals surface area contributed by atoms with E-state index in [1.165, 1.54) is 11.3 Å². The third-order valence-electron chi connectivity index (χ3n) is 5.40.